The lowest BCUT2D eigenvalue weighted by Crippen LogP contribution is -2.27. The maximum Gasteiger partial charge on any atom is 0.313 e. The molecule has 0 spiro atoms. The second-order valence-corrected chi connectivity index (χ2v) is 5.05. The molecule has 0 aliphatic rings. The van der Waals surface area contributed by atoms with Crippen molar-refractivity contribution in [3.05, 3.63) is 16.6 Å². The molecule has 1 rings (SSSR count). The van der Waals surface area contributed by atoms with Crippen molar-refractivity contribution in [1.29, 1.82) is 0 Å². The fraction of sp³-hybridized carbons (Fsp3) is 0.714. The van der Waals surface area contributed by atoms with Crippen molar-refractivity contribution in [2.45, 2.75) is 66.2 Å². The Bertz CT molecular complexity index is 452. The second-order valence-electron chi connectivity index (χ2n) is 5.05. The molecular formula is C14H24N2O3. The molecule has 0 atom stereocenters. The molecule has 0 fully saturated rings. The van der Waals surface area contributed by atoms with Crippen LogP contribution in [0.5, 0.6) is 11.5 Å². The number of hydrogen-bond donors (Lipinski definition) is 0. The van der Waals surface area contributed by atoms with Crippen molar-refractivity contribution >= 4 is 0 Å². The topological polar surface area (TPSA) is 53.4 Å². The van der Waals surface area contributed by atoms with Crippen LogP contribution in [0.25, 0.3) is 0 Å². The van der Waals surface area contributed by atoms with Gasteiger partial charge in [-0.05, 0) is 34.1 Å². The van der Waals surface area contributed by atoms with Gasteiger partial charge in [-0.25, -0.2) is 4.68 Å². The molecule has 0 radical (unpaired) electrons. The molecule has 0 N–H and O–H groups in total. The third-order valence-electron chi connectivity index (χ3n) is 2.41. The van der Waals surface area contributed by atoms with E-state index in [4.69, 9.17) is 9.47 Å². The Hall–Kier alpha value is -1.52. The first-order valence-electron chi connectivity index (χ1n) is 6.89. The Morgan fingerprint density at radius 3 is 2.37 bits per heavy atom. The van der Waals surface area contributed by atoms with Gasteiger partial charge in [-0.3, -0.25) is 4.79 Å². The van der Waals surface area contributed by atoms with Gasteiger partial charge in [-0.2, -0.15) is 5.10 Å². The molecule has 0 saturated carbocycles. The summed E-state index contributed by atoms with van der Waals surface area (Å²) in [7, 11) is 0. The van der Waals surface area contributed by atoms with Crippen LogP contribution in [-0.4, -0.2) is 22.0 Å². The Labute approximate surface area is 114 Å². The normalized spacial score (nSPS) is 11.1. The standard InChI is InChI=1S/C14H24N2O3/c1-6-7-8-16-14(17)13(19-11(4)5)12(9-15-16)18-10(2)3/h9-11H,6-8H2,1-5H3. The molecule has 1 heterocycles. The highest BCUT2D eigenvalue weighted by Gasteiger charge is 2.16. The molecule has 0 amide bonds. The van der Waals surface area contributed by atoms with Gasteiger partial charge in [0.2, 0.25) is 5.75 Å². The number of aryl methyl sites for hydroxylation is 1. The first-order valence-corrected chi connectivity index (χ1v) is 6.89. The quantitative estimate of drug-likeness (QED) is 0.762. The summed E-state index contributed by atoms with van der Waals surface area (Å²) in [5.41, 5.74) is -0.222. The number of nitrogens with zero attached hydrogens (tertiary/aromatic N) is 2. The lowest BCUT2D eigenvalue weighted by atomic mass is 10.3. The molecule has 108 valence electrons. The highest BCUT2D eigenvalue weighted by molar-refractivity contribution is 5.35. The fourth-order valence-electron chi connectivity index (χ4n) is 1.61. The van der Waals surface area contributed by atoms with Gasteiger partial charge in [0.1, 0.15) is 0 Å². The summed E-state index contributed by atoms with van der Waals surface area (Å²) in [5.74, 6) is 0.677. The van der Waals surface area contributed by atoms with Gasteiger partial charge in [0, 0.05) is 6.54 Å². The molecule has 1 aromatic rings. The van der Waals surface area contributed by atoms with Gasteiger partial charge in [-0.1, -0.05) is 13.3 Å². The van der Waals surface area contributed by atoms with Crippen LogP contribution < -0.4 is 15.0 Å². The van der Waals surface area contributed by atoms with Gasteiger partial charge in [-0.15, -0.1) is 0 Å². The van der Waals surface area contributed by atoms with Crippen LogP contribution in [0.15, 0.2) is 11.0 Å². The van der Waals surface area contributed by atoms with E-state index in [2.05, 4.69) is 12.0 Å². The summed E-state index contributed by atoms with van der Waals surface area (Å²) < 4.78 is 12.6. The Kier molecular flexibility index (Phi) is 5.86. The number of ether oxygens (including phenoxy) is 2. The maximum atomic E-state index is 12.3. The Balaban J connectivity index is 3.12. The molecule has 19 heavy (non-hydrogen) atoms. The van der Waals surface area contributed by atoms with Crippen molar-refractivity contribution in [3.63, 3.8) is 0 Å². The van der Waals surface area contributed by atoms with Crippen molar-refractivity contribution in [1.82, 2.24) is 9.78 Å². The average Bonchev–Trinajstić information content (AvgIpc) is 2.32. The average molecular weight is 268 g/mol. The molecule has 0 saturated heterocycles. The van der Waals surface area contributed by atoms with Crippen LogP contribution in [0.2, 0.25) is 0 Å². The molecule has 0 unspecified atom stereocenters. The number of aromatic nitrogens is 2. The van der Waals surface area contributed by atoms with E-state index in [-0.39, 0.29) is 23.5 Å². The van der Waals surface area contributed by atoms with Crippen LogP contribution in [0, 0.1) is 0 Å². The SMILES string of the molecule is CCCCn1ncc(OC(C)C)c(OC(C)C)c1=O. The highest BCUT2D eigenvalue weighted by atomic mass is 16.5. The van der Waals surface area contributed by atoms with E-state index in [1.807, 2.05) is 27.7 Å². The lowest BCUT2D eigenvalue weighted by Gasteiger charge is -2.17. The van der Waals surface area contributed by atoms with Gasteiger partial charge >= 0.3 is 5.56 Å². The van der Waals surface area contributed by atoms with E-state index in [0.29, 0.717) is 12.3 Å². The zero-order chi connectivity index (χ0) is 14.4. The predicted molar refractivity (Wildman–Crippen MR) is 74.9 cm³/mol. The number of hydrogen-bond acceptors (Lipinski definition) is 4. The van der Waals surface area contributed by atoms with Crippen LogP contribution in [0.1, 0.15) is 47.5 Å². The third-order valence-corrected chi connectivity index (χ3v) is 2.41. The zero-order valence-corrected chi connectivity index (χ0v) is 12.5. The molecule has 1 aromatic heterocycles. The lowest BCUT2D eigenvalue weighted by molar-refractivity contribution is 0.192. The first kappa shape index (κ1) is 15.5. The van der Waals surface area contributed by atoms with Crippen LogP contribution in [0.4, 0.5) is 0 Å². The van der Waals surface area contributed by atoms with Crippen molar-refractivity contribution in [3.8, 4) is 11.5 Å². The van der Waals surface area contributed by atoms with Gasteiger partial charge in [0.25, 0.3) is 0 Å². The summed E-state index contributed by atoms with van der Waals surface area (Å²) in [6.45, 7) is 10.3. The number of rotatable bonds is 7. The van der Waals surface area contributed by atoms with Crippen molar-refractivity contribution in [2.24, 2.45) is 0 Å². The maximum absolute atomic E-state index is 12.3. The van der Waals surface area contributed by atoms with Gasteiger partial charge in [0.05, 0.1) is 18.4 Å². The summed E-state index contributed by atoms with van der Waals surface area (Å²) in [6, 6.07) is 0. The highest BCUT2D eigenvalue weighted by Crippen LogP contribution is 2.23. The van der Waals surface area contributed by atoms with Crippen LogP contribution in [-0.2, 0) is 6.54 Å². The molecular weight excluding hydrogens is 244 g/mol. The van der Waals surface area contributed by atoms with Crippen LogP contribution in [0.3, 0.4) is 0 Å². The van der Waals surface area contributed by atoms with Crippen molar-refractivity contribution in [2.75, 3.05) is 0 Å². The molecule has 0 bridgehead atoms. The van der Waals surface area contributed by atoms with Crippen molar-refractivity contribution < 1.29 is 9.47 Å². The monoisotopic (exact) mass is 268 g/mol. The molecule has 0 aliphatic heterocycles. The minimum atomic E-state index is -0.222. The molecule has 0 aliphatic carbocycles. The molecule has 5 heteroatoms. The molecule has 0 aromatic carbocycles. The summed E-state index contributed by atoms with van der Waals surface area (Å²) in [5, 5.41) is 4.14. The van der Waals surface area contributed by atoms with Gasteiger partial charge in [0.15, 0.2) is 5.75 Å². The molecule has 5 nitrogen and oxygen atoms in total. The smallest absolute Gasteiger partial charge is 0.313 e. The van der Waals surface area contributed by atoms with E-state index in [0.717, 1.165) is 12.8 Å². The zero-order valence-electron chi connectivity index (χ0n) is 12.5. The van der Waals surface area contributed by atoms with Gasteiger partial charge < -0.3 is 9.47 Å². The third kappa shape index (κ3) is 4.58. The number of unbranched alkanes of at least 4 members (excludes halogenated alkanes) is 1. The first-order chi connectivity index (χ1) is 8.95. The Morgan fingerprint density at radius 1 is 1.21 bits per heavy atom. The Morgan fingerprint density at radius 2 is 1.84 bits per heavy atom. The predicted octanol–water partition coefficient (Wildman–Crippen LogP) is 2.62. The summed E-state index contributed by atoms with van der Waals surface area (Å²) in [6.07, 6.45) is 3.39. The van der Waals surface area contributed by atoms with E-state index >= 15 is 0 Å². The second kappa shape index (κ2) is 7.16. The van der Waals surface area contributed by atoms with E-state index in [1.54, 1.807) is 6.20 Å². The summed E-state index contributed by atoms with van der Waals surface area (Å²) in [4.78, 5) is 12.3. The van der Waals surface area contributed by atoms with E-state index < -0.39 is 0 Å². The fourth-order valence-corrected chi connectivity index (χ4v) is 1.61. The minimum Gasteiger partial charge on any atom is -0.485 e. The minimum absolute atomic E-state index is 0.0257. The largest absolute Gasteiger partial charge is 0.485 e. The van der Waals surface area contributed by atoms with Crippen LogP contribution >= 0.6 is 0 Å². The van der Waals surface area contributed by atoms with E-state index in [1.165, 1.54) is 4.68 Å². The van der Waals surface area contributed by atoms with E-state index in [9.17, 15) is 4.79 Å². The summed E-state index contributed by atoms with van der Waals surface area (Å²) >= 11 is 0.